The molecule has 0 radical (unpaired) electrons. The van der Waals surface area contributed by atoms with Crippen molar-refractivity contribution in [2.75, 3.05) is 11.9 Å². The number of nitrogens with one attached hydrogen (secondary N) is 1. The minimum atomic E-state index is -0.174. The van der Waals surface area contributed by atoms with Gasteiger partial charge in [-0.15, -0.1) is 0 Å². The van der Waals surface area contributed by atoms with Crippen molar-refractivity contribution >= 4 is 11.6 Å². The zero-order valence-corrected chi connectivity index (χ0v) is 17.1. The maximum absolute atomic E-state index is 12.5. The minimum Gasteiger partial charge on any atom is -0.493 e. The van der Waals surface area contributed by atoms with Gasteiger partial charge in [0.1, 0.15) is 17.2 Å². The second-order valence-electron chi connectivity index (χ2n) is 6.69. The van der Waals surface area contributed by atoms with Gasteiger partial charge >= 0.3 is 0 Å². The molecule has 0 aliphatic carbocycles. The van der Waals surface area contributed by atoms with Crippen LogP contribution in [0.2, 0.25) is 0 Å². The van der Waals surface area contributed by atoms with E-state index in [0.29, 0.717) is 29.4 Å². The first-order valence-electron chi connectivity index (χ1n) is 9.87. The average molecular weight is 390 g/mol. The van der Waals surface area contributed by atoms with Gasteiger partial charge < -0.3 is 14.8 Å². The summed E-state index contributed by atoms with van der Waals surface area (Å²) in [7, 11) is 0. The SMILES string of the molecule is CCCOc1cccc(Oc2ccc(NC(=O)c3ccc(CC)nc3C)cc2)c1. The van der Waals surface area contributed by atoms with Crippen LogP contribution < -0.4 is 14.8 Å². The Kier molecular flexibility index (Phi) is 6.85. The number of pyridine rings is 1. The van der Waals surface area contributed by atoms with E-state index < -0.39 is 0 Å². The Hall–Kier alpha value is -3.34. The molecule has 150 valence electrons. The van der Waals surface area contributed by atoms with Gasteiger partial charge in [-0.2, -0.15) is 0 Å². The van der Waals surface area contributed by atoms with Gasteiger partial charge in [-0.25, -0.2) is 0 Å². The van der Waals surface area contributed by atoms with Crippen LogP contribution in [0.5, 0.6) is 17.2 Å². The fourth-order valence-electron chi connectivity index (χ4n) is 2.84. The summed E-state index contributed by atoms with van der Waals surface area (Å²) in [5.74, 6) is 1.99. The van der Waals surface area contributed by atoms with Gasteiger partial charge in [-0.3, -0.25) is 9.78 Å². The third-order valence-corrected chi connectivity index (χ3v) is 4.38. The number of rotatable bonds is 8. The van der Waals surface area contributed by atoms with Gasteiger partial charge in [0.15, 0.2) is 0 Å². The highest BCUT2D eigenvalue weighted by Crippen LogP contribution is 2.26. The summed E-state index contributed by atoms with van der Waals surface area (Å²) in [6.45, 7) is 6.63. The smallest absolute Gasteiger partial charge is 0.257 e. The molecule has 1 aromatic heterocycles. The van der Waals surface area contributed by atoms with Gasteiger partial charge in [0.25, 0.3) is 5.91 Å². The van der Waals surface area contributed by atoms with Crippen LogP contribution in [0.15, 0.2) is 60.7 Å². The van der Waals surface area contributed by atoms with Crippen molar-refractivity contribution in [1.82, 2.24) is 4.98 Å². The molecule has 1 N–H and O–H groups in total. The highest BCUT2D eigenvalue weighted by molar-refractivity contribution is 6.05. The van der Waals surface area contributed by atoms with E-state index in [1.54, 1.807) is 0 Å². The molecule has 0 aliphatic heterocycles. The zero-order valence-electron chi connectivity index (χ0n) is 17.1. The molecule has 0 unspecified atom stereocenters. The van der Waals surface area contributed by atoms with Crippen molar-refractivity contribution in [3.8, 4) is 17.2 Å². The van der Waals surface area contributed by atoms with Crippen molar-refractivity contribution in [3.63, 3.8) is 0 Å². The summed E-state index contributed by atoms with van der Waals surface area (Å²) in [5.41, 5.74) is 2.98. The number of amides is 1. The Morgan fingerprint density at radius 1 is 0.966 bits per heavy atom. The average Bonchev–Trinajstić information content (AvgIpc) is 2.73. The highest BCUT2D eigenvalue weighted by atomic mass is 16.5. The minimum absolute atomic E-state index is 0.174. The Labute approximate surface area is 171 Å². The summed E-state index contributed by atoms with van der Waals surface area (Å²) in [5, 5.41) is 2.91. The van der Waals surface area contributed by atoms with E-state index in [2.05, 4.69) is 17.2 Å². The Balaban J connectivity index is 1.64. The number of hydrogen-bond acceptors (Lipinski definition) is 4. The second kappa shape index (κ2) is 9.73. The number of aryl methyl sites for hydroxylation is 2. The maximum Gasteiger partial charge on any atom is 0.257 e. The second-order valence-corrected chi connectivity index (χ2v) is 6.69. The summed E-state index contributed by atoms with van der Waals surface area (Å²) >= 11 is 0. The molecule has 0 fully saturated rings. The van der Waals surface area contributed by atoms with Crippen molar-refractivity contribution in [1.29, 1.82) is 0 Å². The lowest BCUT2D eigenvalue weighted by atomic mass is 10.1. The maximum atomic E-state index is 12.5. The van der Waals surface area contributed by atoms with E-state index in [0.717, 1.165) is 30.0 Å². The molecule has 29 heavy (non-hydrogen) atoms. The van der Waals surface area contributed by atoms with Crippen LogP contribution in [-0.2, 0) is 6.42 Å². The number of ether oxygens (including phenoxy) is 2. The third-order valence-electron chi connectivity index (χ3n) is 4.38. The Bertz CT molecular complexity index is 968. The first-order valence-corrected chi connectivity index (χ1v) is 9.87. The monoisotopic (exact) mass is 390 g/mol. The van der Waals surface area contributed by atoms with Gasteiger partial charge in [-0.1, -0.05) is 19.9 Å². The van der Waals surface area contributed by atoms with Crippen LogP contribution in [0, 0.1) is 6.92 Å². The predicted octanol–water partition coefficient (Wildman–Crippen LogP) is 5.79. The number of aromatic nitrogens is 1. The number of carbonyl (C=O) groups is 1. The van der Waals surface area contributed by atoms with Crippen LogP contribution in [-0.4, -0.2) is 17.5 Å². The van der Waals surface area contributed by atoms with Crippen molar-refractivity contribution < 1.29 is 14.3 Å². The summed E-state index contributed by atoms with van der Waals surface area (Å²) in [4.78, 5) is 17.0. The molecule has 5 nitrogen and oxygen atoms in total. The molecule has 0 aliphatic rings. The molecule has 0 saturated carbocycles. The number of carbonyl (C=O) groups excluding carboxylic acids is 1. The van der Waals surface area contributed by atoms with Crippen molar-refractivity contribution in [2.45, 2.75) is 33.6 Å². The molecule has 1 heterocycles. The van der Waals surface area contributed by atoms with Gasteiger partial charge in [0, 0.05) is 17.4 Å². The fraction of sp³-hybridized carbons (Fsp3) is 0.250. The zero-order chi connectivity index (χ0) is 20.6. The Morgan fingerprint density at radius 3 is 2.41 bits per heavy atom. The van der Waals surface area contributed by atoms with Crippen molar-refractivity contribution in [3.05, 3.63) is 77.6 Å². The summed E-state index contributed by atoms with van der Waals surface area (Å²) in [6.07, 6.45) is 1.80. The van der Waals surface area contributed by atoms with E-state index >= 15 is 0 Å². The lowest BCUT2D eigenvalue weighted by Gasteiger charge is -2.11. The number of benzene rings is 2. The molecule has 1 amide bonds. The van der Waals surface area contributed by atoms with E-state index in [9.17, 15) is 4.79 Å². The third kappa shape index (κ3) is 5.57. The predicted molar refractivity (Wildman–Crippen MR) is 115 cm³/mol. The van der Waals surface area contributed by atoms with Gasteiger partial charge in [0.05, 0.1) is 17.9 Å². The van der Waals surface area contributed by atoms with Gasteiger partial charge in [0.2, 0.25) is 0 Å². The lowest BCUT2D eigenvalue weighted by Crippen LogP contribution is -2.14. The molecule has 2 aromatic carbocycles. The molecular formula is C24H26N2O3. The molecule has 0 atom stereocenters. The largest absolute Gasteiger partial charge is 0.493 e. The molecule has 3 aromatic rings. The van der Waals surface area contributed by atoms with E-state index in [1.165, 1.54) is 0 Å². The molecule has 5 heteroatoms. The van der Waals surface area contributed by atoms with E-state index in [4.69, 9.17) is 9.47 Å². The van der Waals surface area contributed by atoms with Crippen LogP contribution in [0.1, 0.15) is 42.0 Å². The van der Waals surface area contributed by atoms with Crippen LogP contribution in [0.25, 0.3) is 0 Å². The normalized spacial score (nSPS) is 10.4. The lowest BCUT2D eigenvalue weighted by molar-refractivity contribution is 0.102. The van der Waals surface area contributed by atoms with E-state index in [-0.39, 0.29) is 5.91 Å². The number of anilines is 1. The topological polar surface area (TPSA) is 60.5 Å². The number of hydrogen-bond donors (Lipinski definition) is 1. The quantitative estimate of drug-likeness (QED) is 0.529. The molecule has 3 rings (SSSR count). The van der Waals surface area contributed by atoms with Crippen LogP contribution in [0.4, 0.5) is 5.69 Å². The molecule has 0 bridgehead atoms. The fourth-order valence-corrected chi connectivity index (χ4v) is 2.84. The highest BCUT2D eigenvalue weighted by Gasteiger charge is 2.11. The first kappa shape index (κ1) is 20.4. The summed E-state index contributed by atoms with van der Waals surface area (Å²) < 4.78 is 11.5. The first-order chi connectivity index (χ1) is 14.1. The molecule has 0 saturated heterocycles. The van der Waals surface area contributed by atoms with Gasteiger partial charge in [-0.05, 0) is 68.3 Å². The van der Waals surface area contributed by atoms with Crippen LogP contribution in [0.3, 0.4) is 0 Å². The van der Waals surface area contributed by atoms with Crippen molar-refractivity contribution in [2.24, 2.45) is 0 Å². The van der Waals surface area contributed by atoms with Crippen LogP contribution >= 0.6 is 0 Å². The van der Waals surface area contributed by atoms with E-state index in [1.807, 2.05) is 74.5 Å². The molecule has 0 spiro atoms. The molecular weight excluding hydrogens is 364 g/mol. The summed E-state index contributed by atoms with van der Waals surface area (Å²) in [6, 6.07) is 18.5. The standard InChI is InChI=1S/C24H26N2O3/c1-4-15-28-21-7-6-8-22(16-21)29-20-12-9-19(10-13-20)26-24(27)23-14-11-18(5-2)25-17(23)3/h6-14,16H,4-5,15H2,1-3H3,(H,26,27). The Morgan fingerprint density at radius 2 is 1.72 bits per heavy atom. The number of nitrogens with zero attached hydrogens (tertiary/aromatic N) is 1.